The maximum Gasteiger partial charge on any atom is 0.128 e. The van der Waals surface area contributed by atoms with Crippen molar-refractivity contribution in [2.45, 2.75) is 6.54 Å². The molecule has 0 saturated carbocycles. The molecule has 4 rings (SSSR count). The fourth-order valence-electron chi connectivity index (χ4n) is 3.39. The summed E-state index contributed by atoms with van der Waals surface area (Å²) in [6.07, 6.45) is 0. The smallest absolute Gasteiger partial charge is 0.128 e. The van der Waals surface area contributed by atoms with Crippen LogP contribution in [0.1, 0.15) is 5.56 Å². The van der Waals surface area contributed by atoms with E-state index in [2.05, 4.69) is 0 Å². The molecule has 0 bridgehead atoms. The van der Waals surface area contributed by atoms with Crippen molar-refractivity contribution >= 4 is 0 Å². The fraction of sp³-hybridized carbons (Fsp3) is 0.125. The second-order valence-corrected chi connectivity index (χ2v) is 6.56. The molecule has 0 saturated heterocycles. The Morgan fingerprint density at radius 2 is 1.38 bits per heavy atom. The Balaban J connectivity index is 1.88. The van der Waals surface area contributed by atoms with E-state index in [0.717, 1.165) is 34.0 Å². The van der Waals surface area contributed by atoms with Crippen LogP contribution in [0.25, 0.3) is 22.5 Å². The normalized spacial score (nSPS) is 10.7. The van der Waals surface area contributed by atoms with Gasteiger partial charge in [-0.3, -0.25) is 4.68 Å². The van der Waals surface area contributed by atoms with Crippen molar-refractivity contribution in [1.82, 2.24) is 9.78 Å². The summed E-state index contributed by atoms with van der Waals surface area (Å²) in [4.78, 5) is 0. The van der Waals surface area contributed by atoms with Crippen LogP contribution in [-0.2, 0) is 6.54 Å². The maximum absolute atomic E-state index is 14.3. The van der Waals surface area contributed by atoms with E-state index in [1.54, 1.807) is 31.0 Å². The summed E-state index contributed by atoms with van der Waals surface area (Å²) in [7, 11) is 3.27. The van der Waals surface area contributed by atoms with E-state index < -0.39 is 0 Å². The molecule has 0 aliphatic rings. The lowest BCUT2D eigenvalue weighted by atomic mass is 10.1. The van der Waals surface area contributed by atoms with Crippen molar-refractivity contribution in [2.75, 3.05) is 14.2 Å². The first-order valence-electron chi connectivity index (χ1n) is 9.29. The quantitative estimate of drug-likeness (QED) is 0.442. The number of methoxy groups -OCH3 is 2. The van der Waals surface area contributed by atoms with Gasteiger partial charge >= 0.3 is 0 Å². The molecule has 1 aromatic heterocycles. The van der Waals surface area contributed by atoms with Crippen molar-refractivity contribution in [2.24, 2.45) is 0 Å². The minimum absolute atomic E-state index is 0.257. The molecule has 0 fully saturated rings. The van der Waals surface area contributed by atoms with Crippen LogP contribution in [0.15, 0.2) is 78.9 Å². The molecule has 0 atom stereocenters. The zero-order valence-corrected chi connectivity index (χ0v) is 16.3. The third-order valence-corrected chi connectivity index (χ3v) is 4.82. The molecule has 0 unspecified atom stereocenters. The highest BCUT2D eigenvalue weighted by Crippen LogP contribution is 2.35. The molecule has 3 aromatic carbocycles. The lowest BCUT2D eigenvalue weighted by molar-refractivity contribution is 0.415. The van der Waals surface area contributed by atoms with Crippen LogP contribution in [0.4, 0.5) is 4.39 Å². The average Bonchev–Trinajstić information content (AvgIpc) is 3.18. The molecule has 0 spiro atoms. The number of ether oxygens (including phenoxy) is 2. The Bertz CT molecular complexity index is 1140. The number of rotatable bonds is 6. The maximum atomic E-state index is 14.3. The number of aromatic nitrogens is 2. The molecule has 29 heavy (non-hydrogen) atoms. The monoisotopic (exact) mass is 388 g/mol. The summed E-state index contributed by atoms with van der Waals surface area (Å²) in [5.41, 5.74) is 3.92. The van der Waals surface area contributed by atoms with Crippen molar-refractivity contribution in [3.8, 4) is 34.0 Å². The third kappa shape index (κ3) is 3.72. The van der Waals surface area contributed by atoms with Crippen LogP contribution in [-0.4, -0.2) is 24.0 Å². The first-order valence-corrected chi connectivity index (χ1v) is 9.29. The van der Waals surface area contributed by atoms with Gasteiger partial charge in [-0.05, 0) is 36.4 Å². The number of hydrogen-bond acceptors (Lipinski definition) is 3. The standard InChI is InChI=1S/C24H21FN2O2/c1-28-23-13-7-4-10-18(23)21-15-22(19-11-5-8-14-24(19)29-2)27(26-21)16-17-9-3-6-12-20(17)25/h3-15H,16H2,1-2H3. The van der Waals surface area contributed by atoms with Gasteiger partial charge in [0.2, 0.25) is 0 Å². The molecular weight excluding hydrogens is 367 g/mol. The average molecular weight is 388 g/mol. The van der Waals surface area contributed by atoms with Gasteiger partial charge < -0.3 is 9.47 Å². The van der Waals surface area contributed by atoms with Crippen molar-refractivity contribution in [1.29, 1.82) is 0 Å². The van der Waals surface area contributed by atoms with E-state index >= 15 is 0 Å². The van der Waals surface area contributed by atoms with Crippen molar-refractivity contribution in [3.05, 3.63) is 90.2 Å². The van der Waals surface area contributed by atoms with Crippen LogP contribution < -0.4 is 9.47 Å². The Hall–Kier alpha value is -3.60. The molecule has 0 N–H and O–H groups in total. The highest BCUT2D eigenvalue weighted by atomic mass is 19.1. The van der Waals surface area contributed by atoms with Crippen molar-refractivity contribution in [3.63, 3.8) is 0 Å². The molecule has 5 heteroatoms. The molecule has 1 heterocycles. The zero-order valence-electron chi connectivity index (χ0n) is 16.3. The summed E-state index contributed by atoms with van der Waals surface area (Å²) in [6, 6.07) is 24.2. The number of halogens is 1. The second-order valence-electron chi connectivity index (χ2n) is 6.56. The summed E-state index contributed by atoms with van der Waals surface area (Å²) in [5, 5.41) is 4.79. The largest absolute Gasteiger partial charge is 0.496 e. The van der Waals surface area contributed by atoms with E-state index in [4.69, 9.17) is 14.6 Å². The SMILES string of the molecule is COc1ccccc1-c1cc(-c2ccccc2OC)n(Cc2ccccc2F)n1. The summed E-state index contributed by atoms with van der Waals surface area (Å²) < 4.78 is 27.2. The van der Waals surface area contributed by atoms with Crippen LogP contribution in [0.5, 0.6) is 11.5 Å². The Morgan fingerprint density at radius 1 is 0.793 bits per heavy atom. The van der Waals surface area contributed by atoms with Gasteiger partial charge in [-0.25, -0.2) is 4.39 Å². The van der Waals surface area contributed by atoms with Gasteiger partial charge in [0.05, 0.1) is 32.2 Å². The molecule has 146 valence electrons. The molecule has 0 aliphatic carbocycles. The third-order valence-electron chi connectivity index (χ3n) is 4.82. The van der Waals surface area contributed by atoms with Gasteiger partial charge in [-0.1, -0.05) is 42.5 Å². The fourth-order valence-corrected chi connectivity index (χ4v) is 3.39. The van der Waals surface area contributed by atoms with Gasteiger partial charge in [0.15, 0.2) is 0 Å². The topological polar surface area (TPSA) is 36.3 Å². The van der Waals surface area contributed by atoms with Gasteiger partial charge in [0, 0.05) is 16.7 Å². The Labute approximate surface area is 169 Å². The Morgan fingerprint density at radius 3 is 2.07 bits per heavy atom. The number of para-hydroxylation sites is 2. The van der Waals surface area contributed by atoms with E-state index in [1.807, 2.05) is 60.7 Å². The summed E-state index contributed by atoms with van der Waals surface area (Å²) in [5.74, 6) is 1.20. The van der Waals surface area contributed by atoms with Gasteiger partial charge in [-0.2, -0.15) is 5.10 Å². The van der Waals surface area contributed by atoms with Crippen LogP contribution in [0.2, 0.25) is 0 Å². The molecule has 0 radical (unpaired) electrons. The Kier molecular flexibility index (Phi) is 5.29. The lowest BCUT2D eigenvalue weighted by Gasteiger charge is -2.11. The van der Waals surface area contributed by atoms with Crippen LogP contribution in [0, 0.1) is 5.82 Å². The predicted octanol–water partition coefficient (Wildman–Crippen LogP) is 5.42. The lowest BCUT2D eigenvalue weighted by Crippen LogP contribution is -2.06. The van der Waals surface area contributed by atoms with Crippen LogP contribution in [0.3, 0.4) is 0 Å². The minimum Gasteiger partial charge on any atom is -0.496 e. The predicted molar refractivity (Wildman–Crippen MR) is 112 cm³/mol. The van der Waals surface area contributed by atoms with Gasteiger partial charge in [0.1, 0.15) is 17.3 Å². The molecule has 0 amide bonds. The summed E-state index contributed by atoms with van der Waals surface area (Å²) in [6.45, 7) is 0.301. The van der Waals surface area contributed by atoms with Gasteiger partial charge in [-0.15, -0.1) is 0 Å². The van der Waals surface area contributed by atoms with Gasteiger partial charge in [0.25, 0.3) is 0 Å². The first kappa shape index (κ1) is 18.7. The summed E-state index contributed by atoms with van der Waals surface area (Å²) >= 11 is 0. The molecule has 4 aromatic rings. The van der Waals surface area contributed by atoms with E-state index in [1.165, 1.54) is 6.07 Å². The van der Waals surface area contributed by atoms with Crippen molar-refractivity contribution < 1.29 is 13.9 Å². The van der Waals surface area contributed by atoms with E-state index in [0.29, 0.717) is 12.1 Å². The minimum atomic E-state index is -0.257. The second kappa shape index (κ2) is 8.19. The first-order chi connectivity index (χ1) is 14.2. The zero-order chi connectivity index (χ0) is 20.2. The molecule has 4 nitrogen and oxygen atoms in total. The van der Waals surface area contributed by atoms with E-state index in [-0.39, 0.29) is 5.82 Å². The highest BCUT2D eigenvalue weighted by molar-refractivity contribution is 5.75. The number of nitrogens with zero attached hydrogens (tertiary/aromatic N) is 2. The van der Waals surface area contributed by atoms with Crippen LogP contribution >= 0.6 is 0 Å². The number of hydrogen-bond donors (Lipinski definition) is 0. The number of benzene rings is 3. The molecule has 0 aliphatic heterocycles. The molecular formula is C24H21FN2O2. The van der Waals surface area contributed by atoms with E-state index in [9.17, 15) is 4.39 Å². The highest BCUT2D eigenvalue weighted by Gasteiger charge is 2.18.